The number of rotatable bonds is 2. The molecule has 1 aromatic rings. The second kappa shape index (κ2) is 6.02. The summed E-state index contributed by atoms with van der Waals surface area (Å²) >= 11 is 0. The number of aliphatic hydroxyl groups excluding tert-OH is 1. The van der Waals surface area contributed by atoms with Gasteiger partial charge in [-0.15, -0.1) is 0 Å². The van der Waals surface area contributed by atoms with E-state index in [1.807, 2.05) is 0 Å². The fraction of sp³-hybridized carbons (Fsp3) is 0.500. The molecule has 1 amide bonds. The molecule has 4 nitrogen and oxygen atoms in total. The van der Waals surface area contributed by atoms with Gasteiger partial charge in [0.05, 0.1) is 18.2 Å². The van der Waals surface area contributed by atoms with Gasteiger partial charge in [0.25, 0.3) is 5.91 Å². The Morgan fingerprint density at radius 3 is 2.84 bits per heavy atom. The number of hydrogen-bond donors (Lipinski definition) is 2. The van der Waals surface area contributed by atoms with Crippen molar-refractivity contribution in [3.63, 3.8) is 0 Å². The Morgan fingerprint density at radius 1 is 1.37 bits per heavy atom. The van der Waals surface area contributed by atoms with Gasteiger partial charge >= 0.3 is 0 Å². The van der Waals surface area contributed by atoms with Gasteiger partial charge in [-0.2, -0.15) is 0 Å². The van der Waals surface area contributed by atoms with E-state index in [-0.39, 0.29) is 24.0 Å². The molecule has 19 heavy (non-hydrogen) atoms. The summed E-state index contributed by atoms with van der Waals surface area (Å²) in [5, 5.41) is 18.5. The number of phenols is 1. The lowest BCUT2D eigenvalue weighted by atomic mass is 10.1. The van der Waals surface area contributed by atoms with Crippen LogP contribution in [0.3, 0.4) is 0 Å². The Bertz CT molecular complexity index is 464. The zero-order valence-corrected chi connectivity index (χ0v) is 10.7. The molecule has 2 N–H and O–H groups in total. The summed E-state index contributed by atoms with van der Waals surface area (Å²) in [7, 11) is 0. The number of likely N-dealkylation sites (tertiary alicyclic amines) is 1. The Morgan fingerprint density at radius 2 is 2.16 bits per heavy atom. The normalized spacial score (nSPS) is 20.1. The van der Waals surface area contributed by atoms with E-state index in [9.17, 15) is 14.3 Å². The van der Waals surface area contributed by atoms with Gasteiger partial charge in [-0.3, -0.25) is 4.79 Å². The molecule has 1 unspecified atom stereocenters. The fourth-order valence-electron chi connectivity index (χ4n) is 2.47. The van der Waals surface area contributed by atoms with Gasteiger partial charge in [-0.25, -0.2) is 4.39 Å². The van der Waals surface area contributed by atoms with E-state index in [1.54, 1.807) is 4.90 Å². The summed E-state index contributed by atoms with van der Waals surface area (Å²) in [5.74, 6) is -1.35. The molecule has 0 saturated carbocycles. The molecule has 1 aromatic carbocycles. The Kier molecular flexibility index (Phi) is 4.37. The lowest BCUT2D eigenvalue weighted by molar-refractivity contribution is 0.0595. The summed E-state index contributed by atoms with van der Waals surface area (Å²) < 4.78 is 13.7. The summed E-state index contributed by atoms with van der Waals surface area (Å²) in [5.41, 5.74) is -0.0573. The number of benzene rings is 1. The molecule has 0 aromatic heterocycles. The molecule has 1 saturated heterocycles. The number of amides is 1. The maximum Gasteiger partial charge on any atom is 0.257 e. The van der Waals surface area contributed by atoms with Crippen LogP contribution >= 0.6 is 0 Å². The molecule has 5 heteroatoms. The third kappa shape index (κ3) is 3.04. The van der Waals surface area contributed by atoms with E-state index in [0.29, 0.717) is 6.54 Å². The van der Waals surface area contributed by atoms with Crippen molar-refractivity contribution < 1.29 is 19.4 Å². The van der Waals surface area contributed by atoms with E-state index in [4.69, 9.17) is 5.11 Å². The monoisotopic (exact) mass is 267 g/mol. The predicted octanol–water partition coefficient (Wildman–Crippen LogP) is 1.91. The molecule has 1 aliphatic heterocycles. The first-order chi connectivity index (χ1) is 9.13. The molecular weight excluding hydrogens is 249 g/mol. The molecule has 1 fully saturated rings. The van der Waals surface area contributed by atoms with Crippen LogP contribution in [0.25, 0.3) is 0 Å². The molecule has 0 bridgehead atoms. The van der Waals surface area contributed by atoms with Crippen molar-refractivity contribution in [1.29, 1.82) is 0 Å². The van der Waals surface area contributed by atoms with Gasteiger partial charge < -0.3 is 15.1 Å². The number of halogens is 1. The van der Waals surface area contributed by atoms with Crippen LogP contribution in [-0.4, -0.2) is 40.2 Å². The van der Waals surface area contributed by atoms with Crippen LogP contribution in [-0.2, 0) is 0 Å². The Labute approximate surface area is 111 Å². The van der Waals surface area contributed by atoms with Crippen LogP contribution in [0.5, 0.6) is 5.75 Å². The predicted molar refractivity (Wildman–Crippen MR) is 68.4 cm³/mol. The van der Waals surface area contributed by atoms with E-state index >= 15 is 0 Å². The SMILES string of the molecule is O=C(c1ccc(O)cc1F)N1CCCCCC1CO. The third-order valence-electron chi connectivity index (χ3n) is 3.53. The average molecular weight is 267 g/mol. The molecule has 104 valence electrons. The van der Waals surface area contributed by atoms with Gasteiger partial charge in [0.15, 0.2) is 0 Å². The molecule has 1 heterocycles. The lowest BCUT2D eigenvalue weighted by Crippen LogP contribution is -2.42. The Hall–Kier alpha value is -1.62. The van der Waals surface area contributed by atoms with Crippen LogP contribution in [0.4, 0.5) is 4.39 Å². The van der Waals surface area contributed by atoms with Crippen molar-refractivity contribution in [1.82, 2.24) is 4.90 Å². The standard InChI is InChI=1S/C14H18FNO3/c15-13-8-11(18)5-6-12(13)14(19)16-7-3-1-2-4-10(16)9-17/h5-6,8,10,17-18H,1-4,7,9H2. The van der Waals surface area contributed by atoms with Gasteiger partial charge in [0.2, 0.25) is 0 Å². The fourth-order valence-corrected chi connectivity index (χ4v) is 2.47. The third-order valence-corrected chi connectivity index (χ3v) is 3.53. The molecule has 0 radical (unpaired) electrons. The van der Waals surface area contributed by atoms with Gasteiger partial charge in [0, 0.05) is 12.6 Å². The van der Waals surface area contributed by atoms with Crippen LogP contribution in [0.2, 0.25) is 0 Å². The van der Waals surface area contributed by atoms with Gasteiger partial charge in [-0.1, -0.05) is 12.8 Å². The molecular formula is C14H18FNO3. The van der Waals surface area contributed by atoms with E-state index in [2.05, 4.69) is 0 Å². The molecule has 1 atom stereocenters. The lowest BCUT2D eigenvalue weighted by Gasteiger charge is -2.28. The highest BCUT2D eigenvalue weighted by Gasteiger charge is 2.27. The largest absolute Gasteiger partial charge is 0.508 e. The van der Waals surface area contributed by atoms with Crippen molar-refractivity contribution >= 4 is 5.91 Å². The van der Waals surface area contributed by atoms with Crippen molar-refractivity contribution in [2.75, 3.05) is 13.2 Å². The minimum atomic E-state index is -0.731. The minimum Gasteiger partial charge on any atom is -0.508 e. The van der Waals surface area contributed by atoms with Crippen LogP contribution in [0, 0.1) is 5.82 Å². The van der Waals surface area contributed by atoms with Crippen LogP contribution < -0.4 is 0 Å². The maximum absolute atomic E-state index is 13.7. The molecule has 0 aliphatic carbocycles. The summed E-state index contributed by atoms with van der Waals surface area (Å²) in [6.07, 6.45) is 3.58. The highest BCUT2D eigenvalue weighted by Crippen LogP contribution is 2.22. The molecule has 1 aliphatic rings. The maximum atomic E-state index is 13.7. The first-order valence-electron chi connectivity index (χ1n) is 6.54. The Balaban J connectivity index is 2.25. The van der Waals surface area contributed by atoms with Crippen LogP contribution in [0.15, 0.2) is 18.2 Å². The van der Waals surface area contributed by atoms with Gasteiger partial charge in [-0.05, 0) is 25.0 Å². The summed E-state index contributed by atoms with van der Waals surface area (Å²) in [6.45, 7) is 0.426. The number of nitrogens with zero attached hydrogens (tertiary/aromatic N) is 1. The second-order valence-corrected chi connectivity index (χ2v) is 4.85. The van der Waals surface area contributed by atoms with Gasteiger partial charge in [0.1, 0.15) is 11.6 Å². The molecule has 0 spiro atoms. The van der Waals surface area contributed by atoms with Crippen molar-refractivity contribution in [2.24, 2.45) is 0 Å². The number of aliphatic hydroxyl groups is 1. The minimum absolute atomic E-state index is 0.0573. The number of carbonyl (C=O) groups excluding carboxylic acids is 1. The second-order valence-electron chi connectivity index (χ2n) is 4.85. The highest BCUT2D eigenvalue weighted by atomic mass is 19.1. The smallest absolute Gasteiger partial charge is 0.257 e. The zero-order chi connectivity index (χ0) is 13.8. The van der Waals surface area contributed by atoms with E-state index in [1.165, 1.54) is 12.1 Å². The first kappa shape index (κ1) is 13.8. The van der Waals surface area contributed by atoms with E-state index < -0.39 is 11.7 Å². The number of aromatic hydroxyl groups is 1. The summed E-state index contributed by atoms with van der Waals surface area (Å²) in [4.78, 5) is 13.9. The van der Waals surface area contributed by atoms with E-state index in [0.717, 1.165) is 31.7 Å². The number of hydrogen-bond acceptors (Lipinski definition) is 3. The highest BCUT2D eigenvalue weighted by molar-refractivity contribution is 5.94. The average Bonchev–Trinajstić information content (AvgIpc) is 2.63. The quantitative estimate of drug-likeness (QED) is 0.860. The summed E-state index contributed by atoms with van der Waals surface area (Å²) in [6, 6.07) is 3.26. The van der Waals surface area contributed by atoms with Crippen molar-refractivity contribution in [3.8, 4) is 5.75 Å². The number of carbonyl (C=O) groups is 1. The van der Waals surface area contributed by atoms with Crippen LogP contribution in [0.1, 0.15) is 36.0 Å². The number of phenolic OH excluding ortho intramolecular Hbond substituents is 1. The molecule has 2 rings (SSSR count). The topological polar surface area (TPSA) is 60.8 Å². The first-order valence-corrected chi connectivity index (χ1v) is 6.54. The zero-order valence-electron chi connectivity index (χ0n) is 10.7. The van der Waals surface area contributed by atoms with Crippen molar-refractivity contribution in [2.45, 2.75) is 31.7 Å². The van der Waals surface area contributed by atoms with Crippen molar-refractivity contribution in [3.05, 3.63) is 29.6 Å².